The van der Waals surface area contributed by atoms with Crippen LogP contribution < -0.4 is 5.32 Å². The highest BCUT2D eigenvalue weighted by Gasteiger charge is 2.11. The Labute approximate surface area is 486 Å². The lowest BCUT2D eigenvalue weighted by molar-refractivity contribution is -0.144. The Morgan fingerprint density at radius 1 is 0.295 bits per heavy atom. The van der Waals surface area contributed by atoms with Crippen molar-refractivity contribution in [3.05, 3.63) is 5.76 Å². The van der Waals surface area contributed by atoms with Crippen molar-refractivity contribution in [1.29, 1.82) is 0 Å². The van der Waals surface area contributed by atoms with E-state index in [9.17, 15) is 14.4 Å². The van der Waals surface area contributed by atoms with Gasteiger partial charge in [0.1, 0.15) is 0 Å². The van der Waals surface area contributed by atoms with Gasteiger partial charge in [0.25, 0.3) is 0 Å². The average Bonchev–Trinajstić information content (AvgIpc) is 3.44. The van der Waals surface area contributed by atoms with Gasteiger partial charge in [0, 0.05) is 19.3 Å². The molecule has 0 unspecified atom stereocenters. The third-order valence-electron chi connectivity index (χ3n) is 16.2. The van der Waals surface area contributed by atoms with Gasteiger partial charge >= 0.3 is 11.9 Å². The largest absolute Gasteiger partial charge is 0.487 e. The van der Waals surface area contributed by atoms with Crippen LogP contribution in [-0.4, -0.2) is 75.3 Å². The number of carbonyl (C=O) groups is 2. The molecule has 0 rings (SSSR count). The maximum absolute atomic E-state index is 12.7. The normalized spacial score (nSPS) is 11.4. The smallest absolute Gasteiger partial charge is 0.305 e. The van der Waals surface area contributed by atoms with Crippen LogP contribution in [0.3, 0.4) is 0 Å². The van der Waals surface area contributed by atoms with Crippen LogP contribution in [0.25, 0.3) is 0 Å². The van der Waals surface area contributed by atoms with Crippen LogP contribution in [0, 0.1) is 0 Å². The van der Waals surface area contributed by atoms with Crippen molar-refractivity contribution in [2.24, 2.45) is 0 Å². The van der Waals surface area contributed by atoms with Crippen LogP contribution in [0.15, 0.2) is 5.76 Å². The molecular formula is C70H136N2O6. The average molecular weight is 1100 g/mol. The number of allylic oxidation sites excluding steroid dienone is 1. The molecule has 0 aliphatic rings. The molecule has 0 aromatic carbocycles. The summed E-state index contributed by atoms with van der Waals surface area (Å²) in [4.78, 5) is 39.2. The van der Waals surface area contributed by atoms with Crippen LogP contribution in [0.5, 0.6) is 0 Å². The van der Waals surface area contributed by atoms with E-state index < -0.39 is 0 Å². The number of ether oxygens (including phenoxy) is 3. The third-order valence-corrected chi connectivity index (χ3v) is 16.2. The zero-order chi connectivity index (χ0) is 56.4. The number of carbonyl (C=O) groups excluding carboxylic acids is 3. The van der Waals surface area contributed by atoms with Crippen LogP contribution in [0.1, 0.15) is 374 Å². The highest BCUT2D eigenvalue weighted by Crippen LogP contribution is 2.18. The number of nitrogens with one attached hydrogen (secondary N) is 1. The van der Waals surface area contributed by atoms with Crippen LogP contribution in [0.2, 0.25) is 0 Å². The summed E-state index contributed by atoms with van der Waals surface area (Å²) in [6.07, 6.45) is 68.9. The summed E-state index contributed by atoms with van der Waals surface area (Å²) in [7, 11) is 0. The SMILES string of the molecule is CCCCCCCCCCCCCCCCCCCCCOC(=O)CCCN(CCCCNCCCC(=C=O)OCCCCCCCCCCC)CCCC(=O)OCCCCCCCCCCCCCCCCCCCCC. The molecule has 0 heterocycles. The van der Waals surface area contributed by atoms with Crippen molar-refractivity contribution in [3.8, 4) is 0 Å². The van der Waals surface area contributed by atoms with E-state index in [1.807, 2.05) is 5.94 Å². The molecule has 0 aromatic heterocycles. The molecule has 0 aliphatic carbocycles. The first-order valence-electron chi connectivity index (χ1n) is 35.2. The molecule has 0 aliphatic heterocycles. The Hall–Kier alpha value is -1.89. The fourth-order valence-electron chi connectivity index (χ4n) is 11.0. The highest BCUT2D eigenvalue weighted by molar-refractivity contribution is 5.69. The maximum Gasteiger partial charge on any atom is 0.305 e. The molecule has 0 atom stereocenters. The van der Waals surface area contributed by atoms with E-state index in [1.54, 1.807) is 0 Å². The molecule has 0 saturated heterocycles. The standard InChI is InChI=1S/C70H136N2O6/c1-4-7-10-13-16-19-21-23-25-27-29-31-33-35-37-40-43-46-51-65-77-69(74)57-54-62-72(61-49-48-59-71-60-53-56-68(67-73)76-64-50-45-42-39-18-15-12-9-6-3)63-55-58-70(75)78-66-52-47-44-41-38-36-34-32-30-28-26-24-22-20-17-14-11-8-5-2/h71H,4-66H2,1-3H3. The molecule has 0 bridgehead atoms. The lowest BCUT2D eigenvalue weighted by Crippen LogP contribution is -2.29. The number of unbranched alkanes of at least 4 members (excludes halogenated alkanes) is 45. The zero-order valence-corrected chi connectivity index (χ0v) is 52.9. The number of nitrogens with zero attached hydrogens (tertiary/aromatic N) is 1. The predicted octanol–water partition coefficient (Wildman–Crippen LogP) is 21.2. The van der Waals surface area contributed by atoms with E-state index in [2.05, 4.69) is 31.0 Å². The van der Waals surface area contributed by atoms with Gasteiger partial charge in [-0.05, 0) is 84.1 Å². The van der Waals surface area contributed by atoms with Gasteiger partial charge in [0.2, 0.25) is 0 Å². The van der Waals surface area contributed by atoms with E-state index in [0.29, 0.717) is 44.8 Å². The van der Waals surface area contributed by atoms with Gasteiger partial charge in [-0.1, -0.05) is 303 Å². The van der Waals surface area contributed by atoms with Gasteiger partial charge < -0.3 is 24.4 Å². The summed E-state index contributed by atoms with van der Waals surface area (Å²) in [6.45, 7) is 12.9. The second-order valence-electron chi connectivity index (χ2n) is 24.0. The second-order valence-corrected chi connectivity index (χ2v) is 24.0. The number of hydrogen-bond donors (Lipinski definition) is 1. The Morgan fingerprint density at radius 2 is 0.551 bits per heavy atom. The summed E-state index contributed by atoms with van der Waals surface area (Å²) in [5.74, 6) is 2.32. The predicted molar refractivity (Wildman–Crippen MR) is 337 cm³/mol. The summed E-state index contributed by atoms with van der Waals surface area (Å²) in [5.41, 5.74) is 0. The second kappa shape index (κ2) is 67.6. The summed E-state index contributed by atoms with van der Waals surface area (Å²) in [5, 5.41) is 3.54. The topological polar surface area (TPSA) is 94.2 Å². The minimum atomic E-state index is -0.0820. The third kappa shape index (κ3) is 63.3. The molecule has 78 heavy (non-hydrogen) atoms. The summed E-state index contributed by atoms with van der Waals surface area (Å²) < 4.78 is 17.0. The molecule has 0 radical (unpaired) electrons. The van der Waals surface area contributed by atoms with Crippen molar-refractivity contribution < 1.29 is 28.6 Å². The Bertz CT molecular complexity index is 1180. The summed E-state index contributed by atoms with van der Waals surface area (Å²) in [6, 6.07) is 0. The molecule has 462 valence electrons. The molecule has 0 spiro atoms. The number of rotatable bonds is 68. The molecule has 0 aromatic rings. The lowest BCUT2D eigenvalue weighted by atomic mass is 10.0. The van der Waals surface area contributed by atoms with Crippen molar-refractivity contribution in [2.75, 3.05) is 52.5 Å². The van der Waals surface area contributed by atoms with Crippen molar-refractivity contribution in [3.63, 3.8) is 0 Å². The van der Waals surface area contributed by atoms with Crippen LogP contribution >= 0.6 is 0 Å². The van der Waals surface area contributed by atoms with Gasteiger partial charge in [-0.3, -0.25) is 9.59 Å². The quantitative estimate of drug-likeness (QED) is 0.0279. The van der Waals surface area contributed by atoms with Crippen molar-refractivity contribution >= 4 is 17.9 Å². The minimum absolute atomic E-state index is 0.0820. The van der Waals surface area contributed by atoms with E-state index in [4.69, 9.17) is 14.2 Å². The zero-order valence-electron chi connectivity index (χ0n) is 52.9. The molecule has 0 amide bonds. The van der Waals surface area contributed by atoms with E-state index in [1.165, 1.54) is 263 Å². The monoisotopic (exact) mass is 1100 g/mol. The Kier molecular flexibility index (Phi) is 66.0. The van der Waals surface area contributed by atoms with Crippen molar-refractivity contribution in [2.45, 2.75) is 374 Å². The molecule has 8 heteroatoms. The van der Waals surface area contributed by atoms with E-state index in [0.717, 1.165) is 103 Å². The Balaban J connectivity index is 4.27. The summed E-state index contributed by atoms with van der Waals surface area (Å²) >= 11 is 0. The number of hydrogen-bond acceptors (Lipinski definition) is 8. The molecule has 8 nitrogen and oxygen atoms in total. The fourth-order valence-corrected chi connectivity index (χ4v) is 11.0. The van der Waals surface area contributed by atoms with Gasteiger partial charge in [0.15, 0.2) is 11.7 Å². The number of esters is 2. The van der Waals surface area contributed by atoms with Crippen molar-refractivity contribution in [1.82, 2.24) is 10.2 Å². The van der Waals surface area contributed by atoms with Crippen LogP contribution in [0.4, 0.5) is 0 Å². The Morgan fingerprint density at radius 3 is 0.846 bits per heavy atom. The molecule has 0 fully saturated rings. The van der Waals surface area contributed by atoms with Crippen LogP contribution in [-0.2, 0) is 28.6 Å². The molecular weight excluding hydrogens is 965 g/mol. The first-order chi connectivity index (χ1) is 38.6. The van der Waals surface area contributed by atoms with Gasteiger partial charge in [-0.15, -0.1) is 0 Å². The van der Waals surface area contributed by atoms with Gasteiger partial charge in [0.05, 0.1) is 19.8 Å². The van der Waals surface area contributed by atoms with Gasteiger partial charge in [-0.2, -0.15) is 0 Å². The molecule has 0 saturated carbocycles. The molecule has 1 N–H and O–H groups in total. The van der Waals surface area contributed by atoms with E-state index >= 15 is 0 Å². The minimum Gasteiger partial charge on any atom is -0.487 e. The van der Waals surface area contributed by atoms with Gasteiger partial charge in [-0.25, -0.2) is 4.79 Å². The van der Waals surface area contributed by atoms with E-state index in [-0.39, 0.29) is 11.9 Å². The highest BCUT2D eigenvalue weighted by atomic mass is 16.5. The first-order valence-corrected chi connectivity index (χ1v) is 35.2. The first kappa shape index (κ1) is 76.1. The lowest BCUT2D eigenvalue weighted by Gasteiger charge is -2.22. The fraction of sp³-hybridized carbons (Fsp3) is 0.943. The maximum atomic E-state index is 12.7.